The number of fused-ring (bicyclic) bond motifs is 2. The van der Waals surface area contributed by atoms with Gasteiger partial charge in [-0.05, 0) is 62.1 Å². The highest BCUT2D eigenvalue weighted by molar-refractivity contribution is 5.76. The number of allylic oxidation sites excluding steroid dienone is 2. The summed E-state index contributed by atoms with van der Waals surface area (Å²) in [6.07, 6.45) is 5.71. The molecule has 3 nitrogen and oxygen atoms in total. The Morgan fingerprint density at radius 2 is 2.08 bits per heavy atom. The lowest BCUT2D eigenvalue weighted by Gasteiger charge is -2.45. The first kappa shape index (κ1) is 17.7. The molecule has 0 unspecified atom stereocenters. The summed E-state index contributed by atoms with van der Waals surface area (Å²) in [6.45, 7) is 5.89. The van der Waals surface area contributed by atoms with Crippen LogP contribution in [0, 0.1) is 23.1 Å². The largest absolute Gasteiger partial charge is 0.462 e. The van der Waals surface area contributed by atoms with Gasteiger partial charge < -0.3 is 10.1 Å². The fraction of sp³-hybridized carbons (Fsp3) is 0.591. The van der Waals surface area contributed by atoms with Gasteiger partial charge in [0.25, 0.3) is 0 Å². The van der Waals surface area contributed by atoms with E-state index in [4.69, 9.17) is 4.74 Å². The van der Waals surface area contributed by atoms with Crippen molar-refractivity contribution in [3.05, 3.63) is 46.8 Å². The van der Waals surface area contributed by atoms with Gasteiger partial charge in [-0.25, -0.2) is 4.39 Å². The molecular weight excluding hydrogens is 329 g/mol. The highest BCUT2D eigenvalue weighted by Gasteiger charge is 2.52. The molecule has 1 aliphatic heterocycles. The van der Waals surface area contributed by atoms with E-state index in [0.29, 0.717) is 19.0 Å². The van der Waals surface area contributed by atoms with Gasteiger partial charge in [0.15, 0.2) is 0 Å². The van der Waals surface area contributed by atoms with Crippen LogP contribution in [0.5, 0.6) is 0 Å². The Labute approximate surface area is 155 Å². The summed E-state index contributed by atoms with van der Waals surface area (Å²) >= 11 is 0. The highest BCUT2D eigenvalue weighted by Crippen LogP contribution is 2.54. The van der Waals surface area contributed by atoms with Crippen LogP contribution in [0.1, 0.15) is 51.5 Å². The van der Waals surface area contributed by atoms with E-state index in [1.54, 1.807) is 17.7 Å². The lowest BCUT2D eigenvalue weighted by molar-refractivity contribution is -0.145. The van der Waals surface area contributed by atoms with E-state index >= 15 is 0 Å². The molecule has 1 heterocycles. The summed E-state index contributed by atoms with van der Waals surface area (Å²) in [5.74, 6) is -0.0592. The van der Waals surface area contributed by atoms with Crippen molar-refractivity contribution in [1.29, 1.82) is 0 Å². The summed E-state index contributed by atoms with van der Waals surface area (Å²) < 4.78 is 18.8. The van der Waals surface area contributed by atoms with E-state index in [9.17, 15) is 9.18 Å². The van der Waals surface area contributed by atoms with Crippen LogP contribution in [0.25, 0.3) is 0 Å². The fourth-order valence-corrected chi connectivity index (χ4v) is 5.32. The molecule has 4 rings (SSSR count). The maximum atomic E-state index is 13.0. The molecule has 1 saturated carbocycles. The molecule has 0 radical (unpaired) electrons. The van der Waals surface area contributed by atoms with Gasteiger partial charge in [0, 0.05) is 19.0 Å². The number of benzene rings is 1. The van der Waals surface area contributed by atoms with E-state index in [0.717, 1.165) is 18.4 Å². The second-order valence-electron chi connectivity index (χ2n) is 8.58. The van der Waals surface area contributed by atoms with Crippen molar-refractivity contribution in [1.82, 2.24) is 5.32 Å². The lowest BCUT2D eigenvalue weighted by Crippen LogP contribution is -2.40. The summed E-state index contributed by atoms with van der Waals surface area (Å²) in [7, 11) is 0. The fourth-order valence-electron chi connectivity index (χ4n) is 5.32. The smallest absolute Gasteiger partial charge is 0.310 e. The van der Waals surface area contributed by atoms with Gasteiger partial charge in [-0.2, -0.15) is 0 Å². The number of ether oxygens (including phenoxy) is 1. The number of carbonyl (C=O) groups is 1. The average molecular weight is 357 g/mol. The molecule has 2 fully saturated rings. The summed E-state index contributed by atoms with van der Waals surface area (Å²) in [5, 5.41) is 3.38. The molecule has 0 aromatic heterocycles. The first-order valence-corrected chi connectivity index (χ1v) is 9.81. The molecule has 1 aromatic rings. The van der Waals surface area contributed by atoms with Crippen molar-refractivity contribution in [2.45, 2.75) is 58.6 Å². The van der Waals surface area contributed by atoms with E-state index in [-0.39, 0.29) is 29.2 Å². The standard InChI is InChI=1S/C22H28FNO2/c1-14-4-3-9-22(2)11-20-17(10-19(14)22)18(21(25)26-20)13-24-12-15-5-7-16(23)8-6-15/h5-8,17-18,20,24H,3-4,9-13H2,1-2H3/t17-,18+,20-,22+/m1/s1. The van der Waals surface area contributed by atoms with E-state index < -0.39 is 0 Å². The van der Waals surface area contributed by atoms with Crippen LogP contribution in [0.2, 0.25) is 0 Å². The van der Waals surface area contributed by atoms with Crippen LogP contribution in [0.15, 0.2) is 35.4 Å². The molecular formula is C22H28FNO2. The Morgan fingerprint density at radius 3 is 2.85 bits per heavy atom. The topological polar surface area (TPSA) is 38.3 Å². The van der Waals surface area contributed by atoms with Crippen LogP contribution in [0.3, 0.4) is 0 Å². The first-order chi connectivity index (χ1) is 12.5. The zero-order valence-corrected chi connectivity index (χ0v) is 15.7. The van der Waals surface area contributed by atoms with Crippen LogP contribution < -0.4 is 5.32 Å². The third-order valence-corrected chi connectivity index (χ3v) is 6.79. The minimum absolute atomic E-state index is 0.0490. The van der Waals surface area contributed by atoms with Crippen LogP contribution in [-0.2, 0) is 16.1 Å². The van der Waals surface area contributed by atoms with Gasteiger partial charge in [0.05, 0.1) is 5.92 Å². The predicted molar refractivity (Wildman–Crippen MR) is 98.9 cm³/mol. The van der Waals surface area contributed by atoms with Gasteiger partial charge >= 0.3 is 5.97 Å². The van der Waals surface area contributed by atoms with Crippen LogP contribution >= 0.6 is 0 Å². The molecule has 0 amide bonds. The second kappa shape index (κ2) is 6.80. The predicted octanol–water partition coefficient (Wildman–Crippen LogP) is 4.37. The third kappa shape index (κ3) is 3.20. The summed E-state index contributed by atoms with van der Waals surface area (Å²) in [4.78, 5) is 12.5. The summed E-state index contributed by atoms with van der Waals surface area (Å²) in [6, 6.07) is 6.50. The lowest BCUT2D eigenvalue weighted by atomic mass is 9.59. The number of nitrogens with one attached hydrogen (secondary N) is 1. The van der Waals surface area contributed by atoms with Crippen LogP contribution in [0.4, 0.5) is 4.39 Å². The molecule has 26 heavy (non-hydrogen) atoms. The molecule has 1 aromatic carbocycles. The van der Waals surface area contributed by atoms with Gasteiger partial charge in [0.2, 0.25) is 0 Å². The molecule has 3 aliphatic rings. The molecule has 4 heteroatoms. The molecule has 2 aliphatic carbocycles. The molecule has 1 N–H and O–H groups in total. The quantitative estimate of drug-likeness (QED) is 0.642. The van der Waals surface area contributed by atoms with E-state index in [1.165, 1.54) is 37.0 Å². The van der Waals surface area contributed by atoms with Crippen molar-refractivity contribution in [2.75, 3.05) is 6.54 Å². The monoisotopic (exact) mass is 357 g/mol. The third-order valence-electron chi connectivity index (χ3n) is 6.79. The van der Waals surface area contributed by atoms with Crippen molar-refractivity contribution >= 4 is 5.97 Å². The highest BCUT2D eigenvalue weighted by atomic mass is 19.1. The zero-order chi connectivity index (χ0) is 18.3. The maximum absolute atomic E-state index is 13.0. The average Bonchev–Trinajstić information content (AvgIpc) is 2.89. The van der Waals surface area contributed by atoms with Crippen molar-refractivity contribution < 1.29 is 13.9 Å². The van der Waals surface area contributed by atoms with Gasteiger partial charge in [0.1, 0.15) is 11.9 Å². The van der Waals surface area contributed by atoms with Gasteiger partial charge in [-0.15, -0.1) is 0 Å². The van der Waals surface area contributed by atoms with Crippen molar-refractivity contribution in [2.24, 2.45) is 17.3 Å². The van der Waals surface area contributed by atoms with Gasteiger partial charge in [-0.1, -0.05) is 30.2 Å². The Bertz CT molecular complexity index is 726. The van der Waals surface area contributed by atoms with Crippen molar-refractivity contribution in [3.63, 3.8) is 0 Å². The number of hydrogen-bond acceptors (Lipinski definition) is 3. The number of hydrogen-bond donors (Lipinski definition) is 1. The molecule has 1 saturated heterocycles. The van der Waals surface area contributed by atoms with Crippen LogP contribution in [-0.4, -0.2) is 18.6 Å². The Balaban J connectivity index is 1.43. The minimum atomic E-state index is -0.225. The first-order valence-electron chi connectivity index (χ1n) is 9.81. The Morgan fingerprint density at radius 1 is 1.31 bits per heavy atom. The normalized spacial score (nSPS) is 33.7. The molecule has 0 bridgehead atoms. The number of carbonyl (C=O) groups excluding carboxylic acids is 1. The number of esters is 1. The minimum Gasteiger partial charge on any atom is -0.462 e. The van der Waals surface area contributed by atoms with E-state index in [1.807, 2.05) is 0 Å². The molecule has 4 atom stereocenters. The Kier molecular flexibility index (Phi) is 4.64. The molecule has 0 spiro atoms. The number of halogens is 1. The van der Waals surface area contributed by atoms with Gasteiger partial charge in [-0.3, -0.25) is 4.79 Å². The maximum Gasteiger partial charge on any atom is 0.310 e. The Hall–Kier alpha value is -1.68. The van der Waals surface area contributed by atoms with E-state index in [2.05, 4.69) is 19.2 Å². The summed E-state index contributed by atoms with van der Waals surface area (Å²) in [5.41, 5.74) is 4.37. The van der Waals surface area contributed by atoms with Crippen molar-refractivity contribution in [3.8, 4) is 0 Å². The molecule has 140 valence electrons. The SMILES string of the molecule is CC1=C2C[C@@H]3[C@H](CNCc4ccc(F)cc4)C(=O)O[C@@H]3C[C@]2(C)CCC1. The number of rotatable bonds is 4. The zero-order valence-electron chi connectivity index (χ0n) is 15.7. The second-order valence-corrected chi connectivity index (χ2v) is 8.58.